The molecule has 34 heavy (non-hydrogen) atoms. The number of carbonyl (C=O) groups is 3. The minimum absolute atomic E-state index is 0.0691. The lowest BCUT2D eigenvalue weighted by atomic mass is 9.85. The molecule has 0 aliphatic rings. The number of alkyl carbamates (subject to hydrolysis) is 1. The number of nitrogens with one attached hydrogen (secondary N) is 1. The number of carboxylic acid groups (broad SMARTS) is 1. The molecule has 0 fully saturated rings. The molecule has 0 bridgehead atoms. The molecule has 0 aliphatic carbocycles. The lowest BCUT2D eigenvalue weighted by molar-refractivity contribution is -0.160. The summed E-state index contributed by atoms with van der Waals surface area (Å²) in [6, 6.07) is 8.69. The van der Waals surface area contributed by atoms with Crippen molar-refractivity contribution in [2.75, 3.05) is 19.6 Å². The Hall–Kier alpha value is -2.61. The Labute approximate surface area is 204 Å². The molecular formula is C26H42N2O6. The van der Waals surface area contributed by atoms with Crippen LogP contribution in [0.3, 0.4) is 0 Å². The van der Waals surface area contributed by atoms with Crippen LogP contribution in [0.1, 0.15) is 72.8 Å². The Morgan fingerprint density at radius 3 is 2.15 bits per heavy atom. The van der Waals surface area contributed by atoms with E-state index in [0.29, 0.717) is 13.1 Å². The van der Waals surface area contributed by atoms with Gasteiger partial charge in [-0.25, -0.2) is 4.79 Å². The quantitative estimate of drug-likeness (QED) is 0.315. The highest BCUT2D eigenvalue weighted by Crippen LogP contribution is 2.25. The number of hydrogen-bond acceptors (Lipinski definition) is 6. The van der Waals surface area contributed by atoms with Gasteiger partial charge in [0.15, 0.2) is 0 Å². The molecule has 0 heterocycles. The molecule has 0 spiro atoms. The van der Waals surface area contributed by atoms with E-state index in [-0.39, 0.29) is 13.2 Å². The highest BCUT2D eigenvalue weighted by Gasteiger charge is 2.37. The van der Waals surface area contributed by atoms with E-state index in [1.165, 1.54) is 0 Å². The van der Waals surface area contributed by atoms with E-state index in [4.69, 9.17) is 9.47 Å². The van der Waals surface area contributed by atoms with Gasteiger partial charge >= 0.3 is 18.0 Å². The molecule has 0 aliphatic heterocycles. The van der Waals surface area contributed by atoms with Gasteiger partial charge in [0.2, 0.25) is 0 Å². The summed E-state index contributed by atoms with van der Waals surface area (Å²) in [5.74, 6) is -1.38. The molecule has 8 nitrogen and oxygen atoms in total. The van der Waals surface area contributed by atoms with Crippen LogP contribution < -0.4 is 5.32 Å². The summed E-state index contributed by atoms with van der Waals surface area (Å²) < 4.78 is 10.6. The summed E-state index contributed by atoms with van der Waals surface area (Å²) in [4.78, 5) is 37.9. The molecule has 8 heteroatoms. The number of esters is 1. The molecular weight excluding hydrogens is 436 g/mol. The summed E-state index contributed by atoms with van der Waals surface area (Å²) in [6.07, 6.45) is 2.80. The van der Waals surface area contributed by atoms with Crippen molar-refractivity contribution in [3.63, 3.8) is 0 Å². The van der Waals surface area contributed by atoms with Gasteiger partial charge in [-0.05, 0) is 51.1 Å². The lowest BCUT2D eigenvalue weighted by Crippen LogP contribution is -2.52. The van der Waals surface area contributed by atoms with Gasteiger partial charge in [0.05, 0.1) is 6.54 Å². The van der Waals surface area contributed by atoms with Crippen LogP contribution in [0, 0.1) is 5.41 Å². The van der Waals surface area contributed by atoms with E-state index < -0.39 is 35.1 Å². The number of benzene rings is 1. The zero-order valence-corrected chi connectivity index (χ0v) is 21.6. The summed E-state index contributed by atoms with van der Waals surface area (Å²) in [6.45, 7) is 12.1. The smallest absolute Gasteiger partial charge is 0.407 e. The van der Waals surface area contributed by atoms with Crippen molar-refractivity contribution >= 4 is 18.0 Å². The molecule has 1 aromatic rings. The minimum atomic E-state index is -0.950. The standard InChI is InChI=1S/C26H42N2O6/c1-25(2,3)22(23(30)31)28(18-21(29)34-26(4,5)6)17-13-8-7-12-16-27-24(32)33-19-20-14-10-9-11-15-20/h9-11,14-15,22H,7-8,12-13,16-19H2,1-6H3,(H,27,32)(H,30,31). The van der Waals surface area contributed by atoms with Crippen LogP contribution in [-0.2, 0) is 25.7 Å². The van der Waals surface area contributed by atoms with Crippen LogP contribution in [0.5, 0.6) is 0 Å². The number of hydrogen-bond donors (Lipinski definition) is 2. The number of unbranched alkanes of at least 4 members (excludes halogenated alkanes) is 3. The van der Waals surface area contributed by atoms with Gasteiger partial charge in [0, 0.05) is 6.54 Å². The van der Waals surface area contributed by atoms with E-state index in [0.717, 1.165) is 31.2 Å². The van der Waals surface area contributed by atoms with Crippen molar-refractivity contribution < 1.29 is 29.0 Å². The Kier molecular flexibility index (Phi) is 12.1. The summed E-state index contributed by atoms with van der Waals surface area (Å²) in [7, 11) is 0. The first-order valence-corrected chi connectivity index (χ1v) is 11.9. The van der Waals surface area contributed by atoms with Gasteiger partial charge in [0.25, 0.3) is 0 Å². The first-order valence-electron chi connectivity index (χ1n) is 11.9. The van der Waals surface area contributed by atoms with Gasteiger partial charge < -0.3 is 19.9 Å². The Morgan fingerprint density at radius 2 is 1.59 bits per heavy atom. The molecule has 0 aromatic heterocycles. The van der Waals surface area contributed by atoms with Crippen molar-refractivity contribution in [2.45, 2.75) is 85.5 Å². The van der Waals surface area contributed by atoms with Crippen molar-refractivity contribution in [3.05, 3.63) is 35.9 Å². The van der Waals surface area contributed by atoms with Crippen molar-refractivity contribution in [1.82, 2.24) is 10.2 Å². The Balaban J connectivity index is 2.42. The van der Waals surface area contributed by atoms with Crippen LogP contribution in [0.15, 0.2) is 30.3 Å². The van der Waals surface area contributed by atoms with Crippen molar-refractivity contribution in [2.24, 2.45) is 5.41 Å². The van der Waals surface area contributed by atoms with Crippen molar-refractivity contribution in [3.8, 4) is 0 Å². The minimum Gasteiger partial charge on any atom is -0.480 e. The van der Waals surface area contributed by atoms with E-state index in [2.05, 4.69) is 5.32 Å². The Morgan fingerprint density at radius 1 is 0.971 bits per heavy atom. The topological polar surface area (TPSA) is 105 Å². The van der Waals surface area contributed by atoms with Crippen LogP contribution in [0.25, 0.3) is 0 Å². The maximum absolute atomic E-state index is 12.4. The fraction of sp³-hybridized carbons (Fsp3) is 0.654. The molecule has 1 unspecified atom stereocenters. The number of rotatable bonds is 13. The van der Waals surface area contributed by atoms with E-state index in [1.54, 1.807) is 25.7 Å². The summed E-state index contributed by atoms with van der Waals surface area (Å²) in [5.41, 5.74) is -0.237. The Bertz CT molecular complexity index is 768. The number of carbonyl (C=O) groups excluding carboxylic acids is 2. The largest absolute Gasteiger partial charge is 0.480 e. The second-order valence-corrected chi connectivity index (χ2v) is 10.6. The van der Waals surface area contributed by atoms with Crippen LogP contribution >= 0.6 is 0 Å². The average Bonchev–Trinajstić information content (AvgIpc) is 2.69. The van der Waals surface area contributed by atoms with Gasteiger partial charge in [-0.2, -0.15) is 0 Å². The van der Waals surface area contributed by atoms with Gasteiger partial charge in [0.1, 0.15) is 18.2 Å². The van der Waals surface area contributed by atoms with Crippen LogP contribution in [0.4, 0.5) is 4.79 Å². The molecule has 0 saturated carbocycles. The fourth-order valence-electron chi connectivity index (χ4n) is 3.67. The van der Waals surface area contributed by atoms with Crippen molar-refractivity contribution in [1.29, 1.82) is 0 Å². The number of ether oxygens (including phenoxy) is 2. The maximum Gasteiger partial charge on any atom is 0.407 e. The molecule has 1 amide bonds. The fourth-order valence-corrected chi connectivity index (χ4v) is 3.67. The molecule has 1 aromatic carbocycles. The third-order valence-corrected chi connectivity index (χ3v) is 5.03. The van der Waals surface area contributed by atoms with Crippen LogP contribution in [-0.4, -0.2) is 59.3 Å². The predicted octanol–water partition coefficient (Wildman–Crippen LogP) is 4.62. The monoisotopic (exact) mass is 478 g/mol. The van der Waals surface area contributed by atoms with Gasteiger partial charge in [-0.1, -0.05) is 63.9 Å². The number of nitrogens with zero attached hydrogens (tertiary/aromatic N) is 1. The molecule has 0 radical (unpaired) electrons. The second-order valence-electron chi connectivity index (χ2n) is 10.6. The maximum atomic E-state index is 12.4. The highest BCUT2D eigenvalue weighted by molar-refractivity contribution is 5.77. The third-order valence-electron chi connectivity index (χ3n) is 5.03. The predicted molar refractivity (Wildman–Crippen MR) is 131 cm³/mol. The first kappa shape index (κ1) is 29.4. The summed E-state index contributed by atoms with van der Waals surface area (Å²) >= 11 is 0. The summed E-state index contributed by atoms with van der Waals surface area (Å²) in [5, 5.41) is 12.6. The SMILES string of the molecule is CC(C)(C)OC(=O)CN(CCCCCCNC(=O)OCc1ccccc1)C(C(=O)O)C(C)(C)C. The zero-order chi connectivity index (χ0) is 25.8. The van der Waals surface area contributed by atoms with E-state index in [9.17, 15) is 19.5 Å². The lowest BCUT2D eigenvalue weighted by Gasteiger charge is -2.37. The zero-order valence-electron chi connectivity index (χ0n) is 21.6. The molecule has 1 atom stereocenters. The number of amides is 1. The average molecular weight is 479 g/mol. The van der Waals surface area contributed by atoms with E-state index >= 15 is 0 Å². The third kappa shape index (κ3) is 12.6. The molecule has 2 N–H and O–H groups in total. The first-order chi connectivity index (χ1) is 15.8. The van der Waals surface area contributed by atoms with Crippen LogP contribution in [0.2, 0.25) is 0 Å². The van der Waals surface area contributed by atoms with Gasteiger partial charge in [-0.3, -0.25) is 14.5 Å². The molecule has 0 saturated heterocycles. The molecule has 1 rings (SSSR count). The molecule has 192 valence electrons. The van der Waals surface area contributed by atoms with E-state index in [1.807, 2.05) is 51.1 Å². The van der Waals surface area contributed by atoms with Gasteiger partial charge in [-0.15, -0.1) is 0 Å². The highest BCUT2D eigenvalue weighted by atomic mass is 16.6. The normalized spacial score (nSPS) is 12.8. The number of aliphatic carboxylic acids is 1. The second kappa shape index (κ2) is 13.9. The number of carboxylic acids is 1.